The number of thioether (sulfide) groups is 1. The number of halogens is 2. The molecule has 0 aliphatic carbocycles. The van der Waals surface area contributed by atoms with E-state index >= 15 is 0 Å². The Bertz CT molecular complexity index is 697. The molecule has 0 aromatic heterocycles. The molecule has 2 rings (SSSR count). The summed E-state index contributed by atoms with van der Waals surface area (Å²) in [5, 5.41) is 4.28. The number of hydrogen-bond donors (Lipinski definition) is 1. The van der Waals surface area contributed by atoms with Crippen molar-refractivity contribution in [2.45, 2.75) is 25.2 Å². The molecular formula is C19H21Cl2NO2S. The van der Waals surface area contributed by atoms with Crippen LogP contribution in [0.3, 0.4) is 0 Å². The Morgan fingerprint density at radius 3 is 2.72 bits per heavy atom. The lowest BCUT2D eigenvalue weighted by molar-refractivity contribution is -0.127. The van der Waals surface area contributed by atoms with Crippen molar-refractivity contribution in [3.63, 3.8) is 0 Å². The van der Waals surface area contributed by atoms with Crippen molar-refractivity contribution in [1.29, 1.82) is 0 Å². The van der Waals surface area contributed by atoms with E-state index in [9.17, 15) is 4.79 Å². The summed E-state index contributed by atoms with van der Waals surface area (Å²) in [6, 6.07) is 14.9. The highest BCUT2D eigenvalue weighted by Crippen LogP contribution is 2.21. The average Bonchev–Trinajstić information content (AvgIpc) is 2.60. The van der Waals surface area contributed by atoms with E-state index in [2.05, 4.69) is 5.32 Å². The summed E-state index contributed by atoms with van der Waals surface area (Å²) in [4.78, 5) is 12.3. The second-order valence-corrected chi connectivity index (χ2v) is 7.36. The molecule has 0 aliphatic rings. The first-order chi connectivity index (χ1) is 12.1. The molecular weight excluding hydrogens is 377 g/mol. The summed E-state index contributed by atoms with van der Waals surface area (Å²) >= 11 is 13.8. The first-order valence-corrected chi connectivity index (χ1v) is 10.0. The van der Waals surface area contributed by atoms with E-state index in [0.29, 0.717) is 23.7 Å². The number of carbonyl (C=O) groups excluding carboxylic acids is 1. The Morgan fingerprint density at radius 1 is 1.20 bits per heavy atom. The maximum atomic E-state index is 12.3. The monoisotopic (exact) mass is 397 g/mol. The summed E-state index contributed by atoms with van der Waals surface area (Å²) in [5.74, 6) is 2.12. The molecule has 2 aromatic carbocycles. The van der Waals surface area contributed by atoms with Crippen molar-refractivity contribution in [3.05, 3.63) is 64.1 Å². The van der Waals surface area contributed by atoms with Gasteiger partial charge in [0.1, 0.15) is 5.75 Å². The van der Waals surface area contributed by atoms with Crippen LogP contribution in [0.4, 0.5) is 0 Å². The zero-order valence-corrected chi connectivity index (χ0v) is 16.3. The number of carbonyl (C=O) groups is 1. The van der Waals surface area contributed by atoms with Gasteiger partial charge in [0, 0.05) is 28.1 Å². The Kier molecular flexibility index (Phi) is 8.45. The fourth-order valence-corrected chi connectivity index (χ4v) is 3.51. The van der Waals surface area contributed by atoms with Crippen molar-refractivity contribution in [2.75, 3.05) is 12.3 Å². The Balaban J connectivity index is 1.72. The van der Waals surface area contributed by atoms with Gasteiger partial charge in [0.2, 0.25) is 0 Å². The molecule has 25 heavy (non-hydrogen) atoms. The molecule has 6 heteroatoms. The smallest absolute Gasteiger partial charge is 0.261 e. The number of benzene rings is 2. The Hall–Kier alpha value is -1.36. The minimum absolute atomic E-state index is 0.110. The summed E-state index contributed by atoms with van der Waals surface area (Å²) in [5.41, 5.74) is 1.11. The molecule has 0 heterocycles. The van der Waals surface area contributed by atoms with E-state index in [-0.39, 0.29) is 5.91 Å². The average molecular weight is 398 g/mol. The van der Waals surface area contributed by atoms with Gasteiger partial charge in [-0.2, -0.15) is 11.8 Å². The molecule has 1 atom stereocenters. The SMILES string of the molecule is CCC(Oc1cccc(Cl)c1)C(=O)NCCSCc1ccccc1Cl. The molecule has 0 bridgehead atoms. The lowest BCUT2D eigenvalue weighted by Crippen LogP contribution is -2.39. The highest BCUT2D eigenvalue weighted by Gasteiger charge is 2.17. The van der Waals surface area contributed by atoms with Gasteiger partial charge in [-0.3, -0.25) is 4.79 Å². The molecule has 3 nitrogen and oxygen atoms in total. The van der Waals surface area contributed by atoms with Gasteiger partial charge in [-0.05, 0) is 36.2 Å². The number of amides is 1. The van der Waals surface area contributed by atoms with E-state index in [4.69, 9.17) is 27.9 Å². The molecule has 1 amide bonds. The van der Waals surface area contributed by atoms with Gasteiger partial charge in [0.25, 0.3) is 5.91 Å². The third kappa shape index (κ3) is 6.81. The molecule has 0 saturated carbocycles. The third-order valence-electron chi connectivity index (χ3n) is 3.50. The lowest BCUT2D eigenvalue weighted by atomic mass is 10.2. The number of nitrogens with one attached hydrogen (secondary N) is 1. The van der Waals surface area contributed by atoms with Crippen LogP contribution in [0.2, 0.25) is 10.0 Å². The van der Waals surface area contributed by atoms with E-state index < -0.39 is 6.10 Å². The molecule has 0 saturated heterocycles. The molecule has 0 spiro atoms. The minimum atomic E-state index is -0.521. The summed E-state index contributed by atoms with van der Waals surface area (Å²) in [7, 11) is 0. The van der Waals surface area contributed by atoms with Crippen LogP contribution in [0.25, 0.3) is 0 Å². The molecule has 134 valence electrons. The van der Waals surface area contributed by atoms with Crippen molar-refractivity contribution in [2.24, 2.45) is 0 Å². The number of hydrogen-bond acceptors (Lipinski definition) is 3. The van der Waals surface area contributed by atoms with Crippen LogP contribution < -0.4 is 10.1 Å². The molecule has 0 aliphatic heterocycles. The fourth-order valence-electron chi connectivity index (χ4n) is 2.18. The van der Waals surface area contributed by atoms with E-state index in [1.807, 2.05) is 31.2 Å². The van der Waals surface area contributed by atoms with Gasteiger partial charge >= 0.3 is 0 Å². The topological polar surface area (TPSA) is 38.3 Å². The van der Waals surface area contributed by atoms with E-state index in [1.165, 1.54) is 0 Å². The standard InChI is InChI=1S/C19H21Cl2NO2S/c1-2-18(24-16-8-5-7-15(20)12-16)19(23)22-10-11-25-13-14-6-3-4-9-17(14)21/h3-9,12,18H,2,10-11,13H2,1H3,(H,22,23). The van der Waals surface area contributed by atoms with Crippen LogP contribution >= 0.6 is 35.0 Å². The number of rotatable bonds is 9. The number of ether oxygens (including phenoxy) is 1. The van der Waals surface area contributed by atoms with Crippen LogP contribution in [-0.4, -0.2) is 24.3 Å². The molecule has 0 radical (unpaired) electrons. The van der Waals surface area contributed by atoms with Crippen molar-refractivity contribution >= 4 is 40.9 Å². The zero-order valence-electron chi connectivity index (χ0n) is 14.0. The van der Waals surface area contributed by atoms with Crippen molar-refractivity contribution in [3.8, 4) is 5.75 Å². The van der Waals surface area contributed by atoms with Gasteiger partial charge in [-0.15, -0.1) is 0 Å². The maximum absolute atomic E-state index is 12.3. The molecule has 2 aromatic rings. The third-order valence-corrected chi connectivity index (χ3v) is 5.11. The molecule has 1 unspecified atom stereocenters. The van der Waals surface area contributed by atoms with Gasteiger partial charge in [-0.25, -0.2) is 0 Å². The minimum Gasteiger partial charge on any atom is -0.481 e. The highest BCUT2D eigenvalue weighted by molar-refractivity contribution is 7.98. The second kappa shape index (κ2) is 10.6. The highest BCUT2D eigenvalue weighted by atomic mass is 35.5. The quantitative estimate of drug-likeness (QED) is 0.590. The van der Waals surface area contributed by atoms with E-state index in [1.54, 1.807) is 36.0 Å². The summed E-state index contributed by atoms with van der Waals surface area (Å²) in [6.07, 6.45) is 0.0671. The van der Waals surface area contributed by atoms with Crippen LogP contribution in [0.1, 0.15) is 18.9 Å². The predicted molar refractivity (Wildman–Crippen MR) is 107 cm³/mol. The van der Waals surface area contributed by atoms with Crippen LogP contribution in [0.15, 0.2) is 48.5 Å². The van der Waals surface area contributed by atoms with Gasteiger partial charge in [0.15, 0.2) is 6.10 Å². The van der Waals surface area contributed by atoms with Gasteiger partial charge in [0.05, 0.1) is 0 Å². The first-order valence-electron chi connectivity index (χ1n) is 8.11. The van der Waals surface area contributed by atoms with Crippen molar-refractivity contribution in [1.82, 2.24) is 5.32 Å². The second-order valence-electron chi connectivity index (χ2n) is 5.41. The molecule has 1 N–H and O–H groups in total. The zero-order chi connectivity index (χ0) is 18.1. The van der Waals surface area contributed by atoms with Gasteiger partial charge in [-0.1, -0.05) is 54.4 Å². The van der Waals surface area contributed by atoms with Gasteiger partial charge < -0.3 is 10.1 Å². The first kappa shape index (κ1) is 20.0. The van der Waals surface area contributed by atoms with Crippen LogP contribution in [-0.2, 0) is 10.5 Å². The lowest BCUT2D eigenvalue weighted by Gasteiger charge is -2.17. The maximum Gasteiger partial charge on any atom is 0.261 e. The molecule has 0 fully saturated rings. The summed E-state index contributed by atoms with van der Waals surface area (Å²) < 4.78 is 5.73. The van der Waals surface area contributed by atoms with Crippen LogP contribution in [0.5, 0.6) is 5.75 Å². The largest absolute Gasteiger partial charge is 0.481 e. The Labute approximate surface area is 163 Å². The summed E-state index contributed by atoms with van der Waals surface area (Å²) in [6.45, 7) is 2.50. The van der Waals surface area contributed by atoms with E-state index in [0.717, 1.165) is 22.1 Å². The van der Waals surface area contributed by atoms with Crippen LogP contribution in [0, 0.1) is 0 Å². The van der Waals surface area contributed by atoms with Crippen molar-refractivity contribution < 1.29 is 9.53 Å². The normalized spacial score (nSPS) is 11.8. The Morgan fingerprint density at radius 2 is 2.00 bits per heavy atom. The predicted octanol–water partition coefficient (Wildman–Crippen LogP) is 5.20. The fraction of sp³-hybridized carbons (Fsp3) is 0.316.